The minimum atomic E-state index is 0.483. The van der Waals surface area contributed by atoms with Gasteiger partial charge < -0.3 is 15.4 Å². The Morgan fingerprint density at radius 2 is 1.90 bits per heavy atom. The predicted octanol–water partition coefficient (Wildman–Crippen LogP) is 3.81. The van der Waals surface area contributed by atoms with E-state index in [9.17, 15) is 0 Å². The lowest BCUT2D eigenvalue weighted by atomic mass is 9.78. The number of thiocarbonyl (C=S) groups is 1. The Bertz CT molecular complexity index is 446. The van der Waals surface area contributed by atoms with Crippen molar-refractivity contribution in [3.05, 3.63) is 24.3 Å². The lowest BCUT2D eigenvalue weighted by Crippen LogP contribution is -2.45. The molecule has 2 rings (SSSR count). The van der Waals surface area contributed by atoms with E-state index in [0.717, 1.165) is 17.4 Å². The van der Waals surface area contributed by atoms with Crippen LogP contribution in [0.2, 0.25) is 0 Å². The van der Waals surface area contributed by atoms with Gasteiger partial charge in [0.05, 0.1) is 7.11 Å². The van der Waals surface area contributed by atoms with Gasteiger partial charge in [0.1, 0.15) is 5.75 Å². The van der Waals surface area contributed by atoms with Crippen molar-refractivity contribution in [3.8, 4) is 5.75 Å². The summed E-state index contributed by atoms with van der Waals surface area (Å²) in [5.41, 5.74) is 0.986. The quantitative estimate of drug-likeness (QED) is 0.830. The van der Waals surface area contributed by atoms with Crippen LogP contribution in [0.3, 0.4) is 0 Å². The fourth-order valence-corrected chi connectivity index (χ4v) is 3.06. The second-order valence-electron chi connectivity index (χ2n) is 5.70. The number of hydrogen-bond donors (Lipinski definition) is 2. The lowest BCUT2D eigenvalue weighted by molar-refractivity contribution is 0.225. The Hall–Kier alpha value is -1.29. The summed E-state index contributed by atoms with van der Waals surface area (Å²) in [5.74, 6) is 2.29. The van der Waals surface area contributed by atoms with Crippen molar-refractivity contribution < 1.29 is 4.74 Å². The standard InChI is InChI=1S/C16H24N2OS/c1-11-5-4-6-15(12(11)2)18-16(20)17-13-7-9-14(19-3)10-8-13/h7-12,15H,4-6H2,1-3H3,(H2,17,18,20). The summed E-state index contributed by atoms with van der Waals surface area (Å²) < 4.78 is 5.15. The van der Waals surface area contributed by atoms with Gasteiger partial charge in [-0.15, -0.1) is 0 Å². The molecule has 3 nitrogen and oxygen atoms in total. The third-order valence-electron chi connectivity index (χ3n) is 4.37. The molecule has 0 aliphatic heterocycles. The Kier molecular flexibility index (Phi) is 5.24. The van der Waals surface area contributed by atoms with Gasteiger partial charge in [-0.05, 0) is 54.7 Å². The number of ether oxygens (including phenoxy) is 1. The van der Waals surface area contributed by atoms with Gasteiger partial charge in [0.2, 0.25) is 0 Å². The second-order valence-corrected chi connectivity index (χ2v) is 6.11. The van der Waals surface area contributed by atoms with Crippen molar-refractivity contribution >= 4 is 23.0 Å². The first kappa shape index (κ1) is 15.1. The van der Waals surface area contributed by atoms with E-state index in [1.807, 2.05) is 24.3 Å². The van der Waals surface area contributed by atoms with Crippen LogP contribution >= 0.6 is 12.2 Å². The molecule has 3 atom stereocenters. The van der Waals surface area contributed by atoms with Crippen LogP contribution in [-0.4, -0.2) is 18.3 Å². The van der Waals surface area contributed by atoms with Crippen molar-refractivity contribution in [1.29, 1.82) is 0 Å². The molecule has 4 heteroatoms. The average Bonchev–Trinajstić information content (AvgIpc) is 2.45. The zero-order valence-electron chi connectivity index (χ0n) is 12.5. The molecule has 0 bridgehead atoms. The maximum atomic E-state index is 5.42. The average molecular weight is 292 g/mol. The zero-order valence-corrected chi connectivity index (χ0v) is 13.3. The molecule has 20 heavy (non-hydrogen) atoms. The van der Waals surface area contributed by atoms with Gasteiger partial charge in [-0.3, -0.25) is 0 Å². The number of anilines is 1. The topological polar surface area (TPSA) is 33.3 Å². The van der Waals surface area contributed by atoms with Crippen LogP contribution in [0.1, 0.15) is 33.1 Å². The van der Waals surface area contributed by atoms with E-state index in [2.05, 4.69) is 24.5 Å². The van der Waals surface area contributed by atoms with Crippen molar-refractivity contribution in [2.45, 2.75) is 39.2 Å². The summed E-state index contributed by atoms with van der Waals surface area (Å²) in [5, 5.41) is 7.42. The third-order valence-corrected chi connectivity index (χ3v) is 4.59. The highest BCUT2D eigenvalue weighted by molar-refractivity contribution is 7.80. The Morgan fingerprint density at radius 1 is 1.20 bits per heavy atom. The molecule has 0 spiro atoms. The zero-order chi connectivity index (χ0) is 14.5. The SMILES string of the molecule is COc1ccc(NC(=S)NC2CCCC(C)C2C)cc1. The van der Waals surface area contributed by atoms with E-state index >= 15 is 0 Å². The van der Waals surface area contributed by atoms with E-state index in [1.165, 1.54) is 19.3 Å². The van der Waals surface area contributed by atoms with Gasteiger partial charge in [-0.1, -0.05) is 26.7 Å². The van der Waals surface area contributed by atoms with E-state index in [4.69, 9.17) is 17.0 Å². The summed E-state index contributed by atoms with van der Waals surface area (Å²) in [4.78, 5) is 0. The number of rotatable bonds is 3. The van der Waals surface area contributed by atoms with Crippen molar-refractivity contribution in [2.24, 2.45) is 11.8 Å². The molecule has 0 radical (unpaired) electrons. The lowest BCUT2D eigenvalue weighted by Gasteiger charge is -2.35. The minimum Gasteiger partial charge on any atom is -0.497 e. The van der Waals surface area contributed by atoms with Gasteiger partial charge >= 0.3 is 0 Å². The van der Waals surface area contributed by atoms with E-state index < -0.39 is 0 Å². The first-order valence-electron chi connectivity index (χ1n) is 7.31. The molecule has 3 unspecified atom stereocenters. The monoisotopic (exact) mass is 292 g/mol. The summed E-state index contributed by atoms with van der Waals surface area (Å²) in [7, 11) is 1.67. The summed E-state index contributed by atoms with van der Waals surface area (Å²) in [6.45, 7) is 4.65. The molecule has 0 heterocycles. The predicted molar refractivity (Wildman–Crippen MR) is 88.3 cm³/mol. The van der Waals surface area contributed by atoms with Gasteiger partial charge in [-0.2, -0.15) is 0 Å². The van der Waals surface area contributed by atoms with Crippen LogP contribution in [0.5, 0.6) is 5.75 Å². The molecular weight excluding hydrogens is 268 g/mol. The highest BCUT2D eigenvalue weighted by Crippen LogP contribution is 2.29. The third kappa shape index (κ3) is 3.85. The van der Waals surface area contributed by atoms with Crippen molar-refractivity contribution in [3.63, 3.8) is 0 Å². The molecule has 1 saturated carbocycles. The molecule has 0 saturated heterocycles. The smallest absolute Gasteiger partial charge is 0.171 e. The maximum absolute atomic E-state index is 5.42. The van der Waals surface area contributed by atoms with Crippen LogP contribution in [0, 0.1) is 11.8 Å². The first-order valence-corrected chi connectivity index (χ1v) is 7.72. The van der Waals surface area contributed by atoms with Gasteiger partial charge in [0.25, 0.3) is 0 Å². The molecule has 2 N–H and O–H groups in total. The molecule has 0 aromatic heterocycles. The van der Waals surface area contributed by atoms with Crippen LogP contribution in [-0.2, 0) is 0 Å². The largest absolute Gasteiger partial charge is 0.497 e. The normalized spacial score (nSPS) is 25.9. The van der Waals surface area contributed by atoms with Crippen LogP contribution in [0.25, 0.3) is 0 Å². The molecule has 1 aromatic carbocycles. The molecule has 1 aliphatic carbocycles. The highest BCUT2D eigenvalue weighted by Gasteiger charge is 2.27. The Labute approximate surface area is 127 Å². The fourth-order valence-electron chi connectivity index (χ4n) is 2.80. The van der Waals surface area contributed by atoms with Gasteiger partial charge in [0, 0.05) is 11.7 Å². The first-order chi connectivity index (χ1) is 9.60. The number of benzene rings is 1. The van der Waals surface area contributed by atoms with Crippen LogP contribution in [0.15, 0.2) is 24.3 Å². The van der Waals surface area contributed by atoms with Crippen LogP contribution < -0.4 is 15.4 Å². The molecule has 110 valence electrons. The molecule has 1 aliphatic rings. The summed E-state index contributed by atoms with van der Waals surface area (Å²) >= 11 is 5.42. The van der Waals surface area contributed by atoms with Crippen molar-refractivity contribution in [2.75, 3.05) is 12.4 Å². The van der Waals surface area contributed by atoms with E-state index in [0.29, 0.717) is 17.1 Å². The van der Waals surface area contributed by atoms with E-state index in [1.54, 1.807) is 7.11 Å². The van der Waals surface area contributed by atoms with Crippen molar-refractivity contribution in [1.82, 2.24) is 5.32 Å². The second kappa shape index (κ2) is 6.93. The molecule has 0 amide bonds. The molecular formula is C16H24N2OS. The molecule has 1 fully saturated rings. The minimum absolute atomic E-state index is 0.483. The number of nitrogens with one attached hydrogen (secondary N) is 2. The van der Waals surface area contributed by atoms with Crippen LogP contribution in [0.4, 0.5) is 5.69 Å². The summed E-state index contributed by atoms with van der Waals surface area (Å²) in [6, 6.07) is 8.28. The Balaban J connectivity index is 1.88. The fraction of sp³-hybridized carbons (Fsp3) is 0.562. The number of hydrogen-bond acceptors (Lipinski definition) is 2. The highest BCUT2D eigenvalue weighted by atomic mass is 32.1. The number of methoxy groups -OCH3 is 1. The Morgan fingerprint density at radius 3 is 2.55 bits per heavy atom. The molecule has 1 aromatic rings. The maximum Gasteiger partial charge on any atom is 0.171 e. The van der Waals surface area contributed by atoms with Gasteiger partial charge in [-0.25, -0.2) is 0 Å². The van der Waals surface area contributed by atoms with Gasteiger partial charge in [0.15, 0.2) is 5.11 Å². The van der Waals surface area contributed by atoms with E-state index in [-0.39, 0.29) is 0 Å². The summed E-state index contributed by atoms with van der Waals surface area (Å²) in [6.07, 6.45) is 3.82.